The van der Waals surface area contributed by atoms with Gasteiger partial charge in [-0.1, -0.05) is 12.7 Å². The lowest BCUT2D eigenvalue weighted by Gasteiger charge is -2.13. The molecule has 1 fully saturated rings. The molecule has 120 valence electrons. The molecule has 0 spiro atoms. The van der Waals surface area contributed by atoms with Crippen LogP contribution < -0.4 is 11.0 Å². The fourth-order valence-corrected chi connectivity index (χ4v) is 1.91. The zero-order chi connectivity index (χ0) is 16.1. The third kappa shape index (κ3) is 3.67. The number of anilines is 1. The first-order valence-corrected chi connectivity index (χ1v) is 6.49. The number of nitrogens with one attached hydrogen (secondary N) is 1. The van der Waals surface area contributed by atoms with E-state index in [4.69, 9.17) is 9.84 Å². The molecule has 3 N–H and O–H groups in total. The Balaban J connectivity index is 2.06. The number of rotatable bonds is 5. The van der Waals surface area contributed by atoms with Gasteiger partial charge in [-0.05, 0) is 0 Å². The molecule has 1 aromatic heterocycles. The molecule has 1 amide bonds. The molecule has 0 aromatic carbocycles. The summed E-state index contributed by atoms with van der Waals surface area (Å²) < 4.78 is 11.1. The summed E-state index contributed by atoms with van der Waals surface area (Å²) in [5, 5.41) is 20.8. The summed E-state index contributed by atoms with van der Waals surface area (Å²) in [5.41, 5.74) is -0.718. The third-order valence-electron chi connectivity index (χ3n) is 2.97. The molecule has 1 aliphatic rings. The Morgan fingerprint density at radius 1 is 1.68 bits per heavy atom. The molecule has 2 heterocycles. The van der Waals surface area contributed by atoms with Crippen molar-refractivity contribution in [3.05, 3.63) is 29.5 Å². The quantitative estimate of drug-likeness (QED) is 0.590. The summed E-state index contributed by atoms with van der Waals surface area (Å²) in [6.07, 6.45) is -0.583. The highest BCUT2D eigenvalue weighted by Crippen LogP contribution is 2.26. The van der Waals surface area contributed by atoms with Crippen LogP contribution in [-0.4, -0.2) is 56.3 Å². The molecule has 0 saturated carbocycles. The van der Waals surface area contributed by atoms with Crippen LogP contribution in [0.4, 0.5) is 10.7 Å². The largest absolute Gasteiger partial charge is 0.445 e. The summed E-state index contributed by atoms with van der Waals surface area (Å²) in [4.78, 5) is 30.6. The van der Waals surface area contributed by atoms with Gasteiger partial charge in [0.1, 0.15) is 25.3 Å². The summed E-state index contributed by atoms with van der Waals surface area (Å²) in [6, 6.07) is 0. The average Bonchev–Trinajstić information content (AvgIpc) is 2.86. The predicted molar refractivity (Wildman–Crippen MR) is 73.1 cm³/mol. The number of aliphatic hydroxyl groups is 2. The molecule has 1 aromatic rings. The molecule has 2 rings (SSSR count). The van der Waals surface area contributed by atoms with E-state index in [1.807, 2.05) is 0 Å². The van der Waals surface area contributed by atoms with Gasteiger partial charge >= 0.3 is 11.8 Å². The normalized spacial score (nSPS) is 24.0. The molecule has 0 radical (unpaired) electrons. The molecular weight excluding hydrogens is 296 g/mol. The molecule has 10 heteroatoms. The maximum atomic E-state index is 11.9. The zero-order valence-electron chi connectivity index (χ0n) is 11.6. The number of hydrogen-bond donors (Lipinski definition) is 3. The van der Waals surface area contributed by atoms with Gasteiger partial charge in [0.2, 0.25) is 5.95 Å². The lowest BCUT2D eigenvalue weighted by molar-refractivity contribution is -0.0462. The van der Waals surface area contributed by atoms with E-state index in [2.05, 4.69) is 26.6 Å². The SMILES string of the molecule is C=CCOC(=O)Nc1ncn([C@H]2CC(O)[C@@H](CO)O2)c(=O)n1. The van der Waals surface area contributed by atoms with Gasteiger partial charge in [-0.3, -0.25) is 9.88 Å². The van der Waals surface area contributed by atoms with E-state index in [0.29, 0.717) is 0 Å². The third-order valence-corrected chi connectivity index (χ3v) is 2.97. The van der Waals surface area contributed by atoms with Gasteiger partial charge in [0.05, 0.1) is 12.7 Å². The number of hydrogen-bond acceptors (Lipinski definition) is 8. The Morgan fingerprint density at radius 3 is 3.05 bits per heavy atom. The van der Waals surface area contributed by atoms with E-state index in [9.17, 15) is 14.7 Å². The average molecular weight is 312 g/mol. The molecule has 0 bridgehead atoms. The minimum atomic E-state index is -0.881. The summed E-state index contributed by atoms with van der Waals surface area (Å²) in [5.74, 6) is -0.215. The highest BCUT2D eigenvalue weighted by molar-refractivity contribution is 5.82. The fourth-order valence-electron chi connectivity index (χ4n) is 1.91. The number of amides is 1. The number of carbonyl (C=O) groups excluding carboxylic acids is 1. The topological polar surface area (TPSA) is 136 Å². The molecule has 22 heavy (non-hydrogen) atoms. The molecule has 3 atom stereocenters. The van der Waals surface area contributed by atoms with Crippen LogP contribution in [0.25, 0.3) is 0 Å². The van der Waals surface area contributed by atoms with Gasteiger partial charge in [0.15, 0.2) is 0 Å². The van der Waals surface area contributed by atoms with Crippen molar-refractivity contribution in [3.8, 4) is 0 Å². The highest BCUT2D eigenvalue weighted by Gasteiger charge is 2.35. The Labute approximate surface area is 125 Å². The predicted octanol–water partition coefficient (Wildman–Crippen LogP) is -0.987. The fraction of sp³-hybridized carbons (Fsp3) is 0.500. The first-order valence-electron chi connectivity index (χ1n) is 6.49. The molecular formula is C12H16N4O6. The molecule has 1 saturated heterocycles. The Bertz CT molecular complexity index is 604. The van der Waals surface area contributed by atoms with Crippen LogP contribution in [0.2, 0.25) is 0 Å². The maximum Gasteiger partial charge on any atom is 0.414 e. The minimum Gasteiger partial charge on any atom is -0.445 e. The summed E-state index contributed by atoms with van der Waals surface area (Å²) >= 11 is 0. The summed E-state index contributed by atoms with van der Waals surface area (Å²) in [7, 11) is 0. The van der Waals surface area contributed by atoms with Gasteiger partial charge in [-0.15, -0.1) is 0 Å². The molecule has 1 aliphatic heterocycles. The van der Waals surface area contributed by atoms with E-state index in [1.54, 1.807) is 0 Å². The number of aromatic nitrogens is 3. The van der Waals surface area contributed by atoms with Crippen molar-refractivity contribution in [2.75, 3.05) is 18.5 Å². The zero-order valence-corrected chi connectivity index (χ0v) is 11.6. The smallest absolute Gasteiger partial charge is 0.414 e. The van der Waals surface area contributed by atoms with E-state index in [0.717, 1.165) is 10.9 Å². The van der Waals surface area contributed by atoms with Gasteiger partial charge in [0.25, 0.3) is 0 Å². The minimum absolute atomic E-state index is 0.0131. The number of aliphatic hydroxyl groups excluding tert-OH is 2. The van der Waals surface area contributed by atoms with Crippen LogP contribution in [0.1, 0.15) is 12.6 Å². The second-order valence-electron chi connectivity index (χ2n) is 4.50. The van der Waals surface area contributed by atoms with E-state index in [1.165, 1.54) is 6.08 Å². The maximum absolute atomic E-state index is 11.9. The van der Waals surface area contributed by atoms with E-state index in [-0.39, 0.29) is 25.6 Å². The Morgan fingerprint density at radius 2 is 2.45 bits per heavy atom. The second kappa shape index (κ2) is 7.11. The molecule has 1 unspecified atom stereocenters. The Hall–Kier alpha value is -2.30. The van der Waals surface area contributed by atoms with Crippen molar-refractivity contribution < 1.29 is 24.5 Å². The first-order chi connectivity index (χ1) is 10.5. The number of nitrogens with zero attached hydrogens (tertiary/aromatic N) is 3. The van der Waals surface area contributed by atoms with Crippen LogP contribution in [0.5, 0.6) is 0 Å². The van der Waals surface area contributed by atoms with Crippen LogP contribution in [-0.2, 0) is 9.47 Å². The lowest BCUT2D eigenvalue weighted by atomic mass is 10.2. The van der Waals surface area contributed by atoms with Crippen molar-refractivity contribution in [2.45, 2.75) is 24.9 Å². The Kier molecular flexibility index (Phi) is 5.20. The monoisotopic (exact) mass is 312 g/mol. The highest BCUT2D eigenvalue weighted by atomic mass is 16.6. The van der Waals surface area contributed by atoms with Crippen LogP contribution >= 0.6 is 0 Å². The van der Waals surface area contributed by atoms with E-state index < -0.39 is 30.2 Å². The lowest BCUT2D eigenvalue weighted by Crippen LogP contribution is -2.30. The number of ether oxygens (including phenoxy) is 2. The molecule has 0 aliphatic carbocycles. The molecule has 10 nitrogen and oxygen atoms in total. The summed E-state index contributed by atoms with van der Waals surface area (Å²) in [6.45, 7) is 3.04. The first kappa shape index (κ1) is 16.1. The van der Waals surface area contributed by atoms with Crippen molar-refractivity contribution >= 4 is 12.0 Å². The van der Waals surface area contributed by atoms with Crippen molar-refractivity contribution in [1.29, 1.82) is 0 Å². The van der Waals surface area contributed by atoms with E-state index >= 15 is 0 Å². The van der Waals surface area contributed by atoms with Crippen LogP contribution in [0.15, 0.2) is 23.8 Å². The van der Waals surface area contributed by atoms with Gasteiger partial charge in [-0.25, -0.2) is 14.6 Å². The van der Waals surface area contributed by atoms with Gasteiger partial charge in [-0.2, -0.15) is 4.98 Å². The van der Waals surface area contributed by atoms with Crippen LogP contribution in [0, 0.1) is 0 Å². The number of carbonyl (C=O) groups is 1. The standard InChI is InChI=1S/C12H16N4O6/c1-2-3-21-12(20)15-10-13-6-16(11(19)14-10)9-4-7(18)8(5-17)22-9/h2,6-9,17-18H,1,3-5H2,(H,14,15,19,20)/t7?,8-,9-/m1/s1. The van der Waals surface area contributed by atoms with Crippen molar-refractivity contribution in [3.63, 3.8) is 0 Å². The second-order valence-corrected chi connectivity index (χ2v) is 4.50. The van der Waals surface area contributed by atoms with Crippen LogP contribution in [0.3, 0.4) is 0 Å². The van der Waals surface area contributed by atoms with Crippen molar-refractivity contribution in [1.82, 2.24) is 14.5 Å². The van der Waals surface area contributed by atoms with Gasteiger partial charge in [0, 0.05) is 6.42 Å². The van der Waals surface area contributed by atoms with Gasteiger partial charge < -0.3 is 19.7 Å². The van der Waals surface area contributed by atoms with Crippen molar-refractivity contribution in [2.24, 2.45) is 0 Å².